The predicted molar refractivity (Wildman–Crippen MR) is 125 cm³/mol. The summed E-state index contributed by atoms with van der Waals surface area (Å²) in [5, 5.41) is 0.495. The number of rotatable bonds is 4. The highest BCUT2D eigenvalue weighted by Gasteiger charge is 2.31. The van der Waals surface area contributed by atoms with E-state index >= 15 is 0 Å². The fourth-order valence-electron chi connectivity index (χ4n) is 3.97. The number of anilines is 1. The summed E-state index contributed by atoms with van der Waals surface area (Å²) in [5.41, 5.74) is 0.626. The SMILES string of the molecule is O=C(c1ccc(S(=O)(=O)N2CCOCC2)cc1)N(C(=O)N1CCCCC1)c1ccc(Cl)cc1. The van der Waals surface area contributed by atoms with Crippen molar-refractivity contribution in [1.29, 1.82) is 0 Å². The quantitative estimate of drug-likeness (QED) is 0.652. The number of carbonyl (C=O) groups excluding carboxylic acids is 2. The van der Waals surface area contributed by atoms with Gasteiger partial charge in [0.05, 0.1) is 23.8 Å². The largest absolute Gasteiger partial charge is 0.379 e. The Morgan fingerprint density at radius 1 is 0.848 bits per heavy atom. The summed E-state index contributed by atoms with van der Waals surface area (Å²) in [6.07, 6.45) is 2.84. The van der Waals surface area contributed by atoms with Crippen LogP contribution in [-0.4, -0.2) is 69.0 Å². The molecule has 0 bridgehead atoms. The van der Waals surface area contributed by atoms with Gasteiger partial charge < -0.3 is 9.64 Å². The molecule has 0 unspecified atom stereocenters. The van der Waals surface area contributed by atoms with Gasteiger partial charge in [0.2, 0.25) is 10.0 Å². The van der Waals surface area contributed by atoms with Crippen molar-refractivity contribution in [3.05, 3.63) is 59.1 Å². The van der Waals surface area contributed by atoms with E-state index in [9.17, 15) is 18.0 Å². The van der Waals surface area contributed by atoms with Gasteiger partial charge in [0.25, 0.3) is 5.91 Å². The lowest BCUT2D eigenvalue weighted by atomic mass is 10.1. The van der Waals surface area contributed by atoms with Gasteiger partial charge in [0.1, 0.15) is 0 Å². The zero-order valence-electron chi connectivity index (χ0n) is 18.2. The molecule has 2 aromatic rings. The Bertz CT molecular complexity index is 1090. The number of benzene rings is 2. The van der Waals surface area contributed by atoms with Gasteiger partial charge in [-0.2, -0.15) is 4.31 Å². The Hall–Kier alpha value is -2.46. The number of sulfonamides is 1. The summed E-state index contributed by atoms with van der Waals surface area (Å²) in [6.45, 7) is 2.46. The van der Waals surface area contributed by atoms with E-state index in [4.69, 9.17) is 16.3 Å². The molecule has 2 aliphatic rings. The van der Waals surface area contributed by atoms with Crippen LogP contribution in [0.1, 0.15) is 29.6 Å². The lowest BCUT2D eigenvalue weighted by molar-refractivity contribution is 0.0730. The first-order chi connectivity index (χ1) is 15.9. The van der Waals surface area contributed by atoms with Gasteiger partial charge in [0, 0.05) is 36.8 Å². The number of likely N-dealkylation sites (tertiary alicyclic amines) is 1. The second-order valence-corrected chi connectivity index (χ2v) is 10.4. The molecule has 2 aromatic carbocycles. The molecule has 2 saturated heterocycles. The van der Waals surface area contributed by atoms with Gasteiger partial charge in [-0.15, -0.1) is 0 Å². The first kappa shape index (κ1) is 23.7. The summed E-state index contributed by atoms with van der Waals surface area (Å²) in [7, 11) is -3.68. The standard InChI is InChI=1S/C23H26ClN3O5S/c24-19-6-8-20(9-7-19)27(23(29)25-12-2-1-3-13-25)22(28)18-4-10-21(11-5-18)33(30,31)26-14-16-32-17-15-26/h4-11H,1-3,12-17H2. The normalized spacial score (nSPS) is 17.5. The molecule has 0 radical (unpaired) electrons. The molecule has 0 saturated carbocycles. The van der Waals surface area contributed by atoms with E-state index in [-0.39, 0.29) is 23.5 Å². The Labute approximate surface area is 198 Å². The number of hydrogen-bond acceptors (Lipinski definition) is 5. The molecular weight excluding hydrogens is 466 g/mol. The van der Waals surface area contributed by atoms with Crippen molar-refractivity contribution >= 4 is 39.2 Å². The molecule has 0 aromatic heterocycles. The highest BCUT2D eigenvalue weighted by atomic mass is 35.5. The molecule has 0 atom stereocenters. The van der Waals surface area contributed by atoms with Gasteiger partial charge in [-0.1, -0.05) is 11.6 Å². The maximum Gasteiger partial charge on any atom is 0.331 e. The first-order valence-electron chi connectivity index (χ1n) is 10.9. The van der Waals surface area contributed by atoms with E-state index < -0.39 is 22.0 Å². The summed E-state index contributed by atoms with van der Waals surface area (Å²) >= 11 is 6.00. The van der Waals surface area contributed by atoms with Crippen LogP contribution in [0.3, 0.4) is 0 Å². The number of amides is 3. The van der Waals surface area contributed by atoms with Gasteiger partial charge >= 0.3 is 6.03 Å². The molecule has 4 rings (SSSR count). The number of ether oxygens (including phenoxy) is 1. The Morgan fingerprint density at radius 3 is 2.06 bits per heavy atom. The summed E-state index contributed by atoms with van der Waals surface area (Å²) in [4.78, 5) is 29.7. The van der Waals surface area contributed by atoms with Crippen molar-refractivity contribution in [3.8, 4) is 0 Å². The van der Waals surface area contributed by atoms with Crippen molar-refractivity contribution in [1.82, 2.24) is 9.21 Å². The van der Waals surface area contributed by atoms with Crippen LogP contribution in [0.2, 0.25) is 5.02 Å². The predicted octanol–water partition coefficient (Wildman–Crippen LogP) is 3.61. The lowest BCUT2D eigenvalue weighted by Gasteiger charge is -2.32. The van der Waals surface area contributed by atoms with Crippen LogP contribution in [0, 0.1) is 0 Å². The second kappa shape index (κ2) is 10.2. The van der Waals surface area contributed by atoms with E-state index in [1.165, 1.54) is 28.6 Å². The lowest BCUT2D eigenvalue weighted by Crippen LogP contribution is -2.48. The number of urea groups is 1. The number of nitrogens with zero attached hydrogens (tertiary/aromatic N) is 3. The average Bonchev–Trinajstić information content (AvgIpc) is 2.86. The second-order valence-electron chi connectivity index (χ2n) is 7.99. The maximum absolute atomic E-state index is 13.4. The van der Waals surface area contributed by atoms with Crippen LogP contribution >= 0.6 is 11.6 Å². The maximum atomic E-state index is 13.4. The van der Waals surface area contributed by atoms with Crippen LogP contribution in [0.25, 0.3) is 0 Å². The topological polar surface area (TPSA) is 87.2 Å². The van der Waals surface area contributed by atoms with Crippen LogP contribution in [-0.2, 0) is 14.8 Å². The van der Waals surface area contributed by atoms with Crippen LogP contribution in [0.5, 0.6) is 0 Å². The molecule has 8 nitrogen and oxygen atoms in total. The zero-order valence-corrected chi connectivity index (χ0v) is 19.7. The van der Waals surface area contributed by atoms with Gasteiger partial charge in [-0.3, -0.25) is 4.79 Å². The van der Waals surface area contributed by atoms with E-state index in [0.717, 1.165) is 24.2 Å². The van der Waals surface area contributed by atoms with Crippen molar-refractivity contribution in [2.45, 2.75) is 24.2 Å². The zero-order chi connectivity index (χ0) is 23.4. The smallest absolute Gasteiger partial charge is 0.331 e. The third kappa shape index (κ3) is 5.22. The number of imide groups is 1. The van der Waals surface area contributed by atoms with Crippen molar-refractivity contribution in [3.63, 3.8) is 0 Å². The highest BCUT2D eigenvalue weighted by Crippen LogP contribution is 2.24. The molecule has 2 aliphatic heterocycles. The van der Waals surface area contributed by atoms with Crippen molar-refractivity contribution < 1.29 is 22.7 Å². The van der Waals surface area contributed by atoms with Gasteiger partial charge in [-0.25, -0.2) is 18.1 Å². The third-order valence-electron chi connectivity index (χ3n) is 5.81. The number of piperidine rings is 1. The fraction of sp³-hybridized carbons (Fsp3) is 0.391. The first-order valence-corrected chi connectivity index (χ1v) is 12.8. The van der Waals surface area contributed by atoms with E-state index in [1.54, 1.807) is 29.2 Å². The molecule has 176 valence electrons. The summed E-state index contributed by atoms with van der Waals surface area (Å²) in [5.74, 6) is -0.525. The molecule has 33 heavy (non-hydrogen) atoms. The van der Waals surface area contributed by atoms with E-state index in [2.05, 4.69) is 0 Å². The molecule has 0 aliphatic carbocycles. The summed E-state index contributed by atoms with van der Waals surface area (Å²) in [6, 6.07) is 11.8. The van der Waals surface area contributed by atoms with Crippen molar-refractivity contribution in [2.24, 2.45) is 0 Å². The molecule has 3 amide bonds. The third-order valence-corrected chi connectivity index (χ3v) is 7.98. The Morgan fingerprint density at radius 2 is 1.45 bits per heavy atom. The molecule has 10 heteroatoms. The number of hydrogen-bond donors (Lipinski definition) is 0. The monoisotopic (exact) mass is 491 g/mol. The minimum atomic E-state index is -3.68. The number of halogens is 1. The minimum Gasteiger partial charge on any atom is -0.379 e. The average molecular weight is 492 g/mol. The van der Waals surface area contributed by atoms with Crippen LogP contribution in [0.4, 0.5) is 10.5 Å². The van der Waals surface area contributed by atoms with Crippen LogP contribution < -0.4 is 4.90 Å². The van der Waals surface area contributed by atoms with Crippen LogP contribution in [0.15, 0.2) is 53.4 Å². The summed E-state index contributed by atoms with van der Waals surface area (Å²) < 4.78 is 32.3. The molecule has 0 spiro atoms. The Balaban J connectivity index is 1.61. The van der Waals surface area contributed by atoms with E-state index in [0.29, 0.717) is 37.0 Å². The molecule has 0 N–H and O–H groups in total. The van der Waals surface area contributed by atoms with Gasteiger partial charge in [0.15, 0.2) is 0 Å². The number of morpholine rings is 1. The molecular formula is C23H26ClN3O5S. The molecule has 2 fully saturated rings. The number of carbonyl (C=O) groups is 2. The van der Waals surface area contributed by atoms with E-state index in [1.807, 2.05) is 0 Å². The fourth-order valence-corrected chi connectivity index (χ4v) is 5.50. The molecule has 2 heterocycles. The highest BCUT2D eigenvalue weighted by molar-refractivity contribution is 7.89. The van der Waals surface area contributed by atoms with Gasteiger partial charge in [-0.05, 0) is 67.8 Å². The minimum absolute atomic E-state index is 0.0985. The van der Waals surface area contributed by atoms with Crippen molar-refractivity contribution in [2.75, 3.05) is 44.3 Å². The Kier molecular flexibility index (Phi) is 7.33.